The van der Waals surface area contributed by atoms with Crippen LogP contribution in [-0.4, -0.2) is 22.2 Å². The summed E-state index contributed by atoms with van der Waals surface area (Å²) in [4.78, 5) is 4.77. The van der Waals surface area contributed by atoms with Crippen LogP contribution in [0.2, 0.25) is 0 Å². The van der Waals surface area contributed by atoms with Gasteiger partial charge in [-0.2, -0.15) is 0 Å². The number of aromatic nitrogens is 2. The van der Waals surface area contributed by atoms with Crippen LogP contribution in [-0.2, 0) is 6.42 Å². The third kappa shape index (κ3) is 3.12. The van der Waals surface area contributed by atoms with Gasteiger partial charge in [-0.15, -0.1) is 0 Å². The molecular weight excluding hydrogens is 250 g/mol. The van der Waals surface area contributed by atoms with E-state index in [0.717, 1.165) is 35.4 Å². The fraction of sp³-hybridized carbons (Fsp3) is 0.562. The summed E-state index contributed by atoms with van der Waals surface area (Å²) in [6, 6.07) is 6.44. The van der Waals surface area contributed by atoms with Crippen LogP contribution >= 0.6 is 0 Å². The van der Waals surface area contributed by atoms with Crippen LogP contribution in [0.4, 0.5) is 0 Å². The van der Waals surface area contributed by atoms with Crippen molar-refractivity contribution in [1.29, 1.82) is 0 Å². The smallest absolute Gasteiger partial charge is 0.121 e. The van der Waals surface area contributed by atoms with E-state index in [-0.39, 0.29) is 5.54 Å². The lowest BCUT2D eigenvalue weighted by Crippen LogP contribution is -2.32. The van der Waals surface area contributed by atoms with Crippen molar-refractivity contribution in [2.45, 2.75) is 52.1 Å². The SMILES string of the molecule is COc1ccc2c(c1)nc(CCC(C)(C)N)n2C(C)C. The van der Waals surface area contributed by atoms with Crippen molar-refractivity contribution in [3.63, 3.8) is 0 Å². The number of fused-ring (bicyclic) bond motifs is 1. The van der Waals surface area contributed by atoms with E-state index in [1.807, 2.05) is 12.1 Å². The lowest BCUT2D eigenvalue weighted by molar-refractivity contribution is 0.415. The molecule has 0 amide bonds. The van der Waals surface area contributed by atoms with Crippen LogP contribution in [0, 0.1) is 0 Å². The maximum absolute atomic E-state index is 6.09. The Morgan fingerprint density at radius 3 is 2.60 bits per heavy atom. The molecule has 4 nitrogen and oxygen atoms in total. The molecule has 20 heavy (non-hydrogen) atoms. The number of benzene rings is 1. The highest BCUT2D eigenvalue weighted by Gasteiger charge is 2.17. The van der Waals surface area contributed by atoms with Gasteiger partial charge < -0.3 is 15.0 Å². The number of aryl methyl sites for hydroxylation is 1. The number of nitrogens with zero attached hydrogens (tertiary/aromatic N) is 2. The Balaban J connectivity index is 2.44. The predicted octanol–water partition coefficient (Wildman–Crippen LogP) is 3.30. The molecule has 1 aromatic carbocycles. The number of hydrogen-bond acceptors (Lipinski definition) is 3. The molecule has 0 saturated carbocycles. The van der Waals surface area contributed by atoms with Crippen LogP contribution in [0.3, 0.4) is 0 Å². The second-order valence-electron chi connectivity index (χ2n) is 6.34. The summed E-state index contributed by atoms with van der Waals surface area (Å²) in [5.41, 5.74) is 8.07. The first-order valence-corrected chi connectivity index (χ1v) is 7.15. The van der Waals surface area contributed by atoms with Gasteiger partial charge in [-0.3, -0.25) is 0 Å². The van der Waals surface area contributed by atoms with Gasteiger partial charge in [-0.1, -0.05) is 0 Å². The van der Waals surface area contributed by atoms with Crippen LogP contribution in [0.5, 0.6) is 5.75 Å². The van der Waals surface area contributed by atoms with Crippen molar-refractivity contribution in [1.82, 2.24) is 9.55 Å². The highest BCUT2D eigenvalue weighted by molar-refractivity contribution is 5.78. The minimum Gasteiger partial charge on any atom is -0.497 e. The Labute approximate surface area is 120 Å². The molecule has 2 N–H and O–H groups in total. The molecule has 0 radical (unpaired) electrons. The average Bonchev–Trinajstić information content (AvgIpc) is 2.72. The molecule has 2 aromatic rings. The molecule has 0 aliphatic carbocycles. The third-order valence-corrected chi connectivity index (χ3v) is 3.48. The van der Waals surface area contributed by atoms with Gasteiger partial charge in [0.05, 0.1) is 18.1 Å². The normalized spacial score (nSPS) is 12.3. The van der Waals surface area contributed by atoms with Crippen molar-refractivity contribution in [3.8, 4) is 5.75 Å². The molecule has 4 heteroatoms. The van der Waals surface area contributed by atoms with Crippen molar-refractivity contribution < 1.29 is 4.74 Å². The van der Waals surface area contributed by atoms with E-state index >= 15 is 0 Å². The minimum atomic E-state index is -0.169. The Hall–Kier alpha value is -1.55. The summed E-state index contributed by atoms with van der Waals surface area (Å²) in [7, 11) is 1.68. The third-order valence-electron chi connectivity index (χ3n) is 3.48. The van der Waals surface area contributed by atoms with Gasteiger partial charge in [-0.05, 0) is 46.2 Å². The molecule has 0 unspecified atom stereocenters. The number of nitrogens with two attached hydrogens (primary N) is 1. The van der Waals surface area contributed by atoms with Gasteiger partial charge in [0.2, 0.25) is 0 Å². The van der Waals surface area contributed by atoms with Gasteiger partial charge in [-0.25, -0.2) is 4.98 Å². The van der Waals surface area contributed by atoms with Crippen molar-refractivity contribution in [2.24, 2.45) is 5.73 Å². The molecule has 0 bridgehead atoms. The second-order valence-corrected chi connectivity index (χ2v) is 6.34. The Morgan fingerprint density at radius 2 is 2.05 bits per heavy atom. The monoisotopic (exact) mass is 275 g/mol. The molecule has 0 saturated heterocycles. The van der Waals surface area contributed by atoms with E-state index < -0.39 is 0 Å². The minimum absolute atomic E-state index is 0.169. The molecular formula is C16H25N3O. The van der Waals surface area contributed by atoms with Crippen LogP contribution in [0.1, 0.15) is 46.0 Å². The second kappa shape index (κ2) is 5.44. The Morgan fingerprint density at radius 1 is 1.35 bits per heavy atom. The zero-order valence-corrected chi connectivity index (χ0v) is 13.1. The predicted molar refractivity (Wildman–Crippen MR) is 83.3 cm³/mol. The summed E-state index contributed by atoms with van der Waals surface area (Å²) in [5.74, 6) is 1.94. The van der Waals surface area contributed by atoms with E-state index in [9.17, 15) is 0 Å². The van der Waals surface area contributed by atoms with E-state index in [0.29, 0.717) is 6.04 Å². The largest absolute Gasteiger partial charge is 0.497 e. The van der Waals surface area contributed by atoms with E-state index in [4.69, 9.17) is 15.5 Å². The zero-order chi connectivity index (χ0) is 14.9. The van der Waals surface area contributed by atoms with E-state index in [1.165, 1.54) is 0 Å². The first kappa shape index (κ1) is 14.9. The van der Waals surface area contributed by atoms with Gasteiger partial charge in [0.1, 0.15) is 11.6 Å². The number of rotatable bonds is 5. The summed E-state index contributed by atoms with van der Waals surface area (Å²) in [6.45, 7) is 8.47. The van der Waals surface area contributed by atoms with E-state index in [2.05, 4.69) is 38.3 Å². The Bertz CT molecular complexity index is 594. The fourth-order valence-corrected chi connectivity index (χ4v) is 2.44. The lowest BCUT2D eigenvalue weighted by atomic mass is 10.00. The topological polar surface area (TPSA) is 53.1 Å². The maximum Gasteiger partial charge on any atom is 0.121 e. The first-order chi connectivity index (χ1) is 9.31. The molecule has 0 aliphatic heterocycles. The average molecular weight is 275 g/mol. The van der Waals surface area contributed by atoms with Gasteiger partial charge in [0.25, 0.3) is 0 Å². The quantitative estimate of drug-likeness (QED) is 0.911. The molecule has 0 spiro atoms. The number of ether oxygens (including phenoxy) is 1. The van der Waals surface area contributed by atoms with Crippen molar-refractivity contribution >= 4 is 11.0 Å². The molecule has 0 aliphatic rings. The molecule has 1 aromatic heterocycles. The highest BCUT2D eigenvalue weighted by Crippen LogP contribution is 2.26. The molecule has 2 rings (SSSR count). The molecule has 1 heterocycles. The fourth-order valence-electron chi connectivity index (χ4n) is 2.44. The summed E-state index contributed by atoms with van der Waals surface area (Å²) >= 11 is 0. The number of methoxy groups -OCH3 is 1. The van der Waals surface area contributed by atoms with Gasteiger partial charge in [0.15, 0.2) is 0 Å². The molecule has 110 valence electrons. The van der Waals surface area contributed by atoms with E-state index in [1.54, 1.807) is 7.11 Å². The molecule has 0 atom stereocenters. The Kier molecular flexibility index (Phi) is 4.04. The highest BCUT2D eigenvalue weighted by atomic mass is 16.5. The van der Waals surface area contributed by atoms with Crippen molar-refractivity contribution in [3.05, 3.63) is 24.0 Å². The zero-order valence-electron chi connectivity index (χ0n) is 13.1. The van der Waals surface area contributed by atoms with Crippen molar-refractivity contribution in [2.75, 3.05) is 7.11 Å². The van der Waals surface area contributed by atoms with Gasteiger partial charge >= 0.3 is 0 Å². The van der Waals surface area contributed by atoms with Crippen LogP contribution in [0.25, 0.3) is 11.0 Å². The molecule has 0 fully saturated rings. The summed E-state index contributed by atoms with van der Waals surface area (Å²) in [5, 5.41) is 0. The van der Waals surface area contributed by atoms with Crippen LogP contribution < -0.4 is 10.5 Å². The maximum atomic E-state index is 6.09. The lowest BCUT2D eigenvalue weighted by Gasteiger charge is -2.19. The first-order valence-electron chi connectivity index (χ1n) is 7.15. The standard InChI is InChI=1S/C16H25N3O/c1-11(2)19-14-7-6-12(20-5)10-13(14)18-15(19)8-9-16(3,4)17/h6-7,10-11H,8-9,17H2,1-5H3. The number of imidazole rings is 1. The van der Waals surface area contributed by atoms with Gasteiger partial charge in [0, 0.05) is 24.1 Å². The number of hydrogen-bond donors (Lipinski definition) is 1. The summed E-state index contributed by atoms with van der Waals surface area (Å²) < 4.78 is 7.57. The summed E-state index contributed by atoms with van der Waals surface area (Å²) in [6.07, 6.45) is 1.80. The van der Waals surface area contributed by atoms with Crippen LogP contribution in [0.15, 0.2) is 18.2 Å².